The summed E-state index contributed by atoms with van der Waals surface area (Å²) in [5.74, 6) is 0. The number of aryl methyl sites for hydroxylation is 1. The van der Waals surface area contributed by atoms with Crippen molar-refractivity contribution in [1.29, 1.82) is 0 Å². The van der Waals surface area contributed by atoms with Gasteiger partial charge < -0.3 is 4.55 Å². The van der Waals surface area contributed by atoms with E-state index in [-0.39, 0.29) is 0 Å². The van der Waals surface area contributed by atoms with Crippen LogP contribution in [-0.4, -0.2) is 8.76 Å². The maximum absolute atomic E-state index is 11.9. The smallest absolute Gasteiger partial charge is 0.171 e. The van der Waals surface area contributed by atoms with E-state index in [1.165, 1.54) is 0 Å². The molecular formula is C13H14O2S2. The Morgan fingerprint density at radius 3 is 2.59 bits per heavy atom. The second-order valence-electron chi connectivity index (χ2n) is 4.00. The van der Waals surface area contributed by atoms with E-state index >= 15 is 0 Å². The zero-order valence-corrected chi connectivity index (χ0v) is 11.2. The summed E-state index contributed by atoms with van der Waals surface area (Å²) in [7, 11) is -3.35. The van der Waals surface area contributed by atoms with Gasteiger partial charge in [-0.2, -0.15) is 0 Å². The first kappa shape index (κ1) is 12.5. The van der Waals surface area contributed by atoms with Crippen molar-refractivity contribution in [2.75, 3.05) is 0 Å². The Morgan fingerprint density at radius 2 is 1.94 bits per heavy atom. The van der Waals surface area contributed by atoms with Gasteiger partial charge in [0.25, 0.3) is 0 Å². The van der Waals surface area contributed by atoms with E-state index in [9.17, 15) is 8.76 Å². The van der Waals surface area contributed by atoms with Crippen molar-refractivity contribution in [2.24, 2.45) is 0 Å². The fraction of sp³-hybridized carbons (Fsp3) is 0.231. The third-order valence-electron chi connectivity index (χ3n) is 2.74. The average molecular weight is 266 g/mol. The van der Waals surface area contributed by atoms with Crippen molar-refractivity contribution in [2.45, 2.75) is 24.7 Å². The highest BCUT2D eigenvalue weighted by atomic mass is 32.8. The van der Waals surface area contributed by atoms with Crippen LogP contribution in [0.3, 0.4) is 0 Å². The predicted octanol–water partition coefficient (Wildman–Crippen LogP) is 3.37. The minimum absolute atomic E-state index is 0.424. The minimum Gasteiger partial charge on any atom is -0.302 e. The van der Waals surface area contributed by atoms with Gasteiger partial charge in [0.1, 0.15) is 0 Å². The largest absolute Gasteiger partial charge is 0.302 e. The first-order chi connectivity index (χ1) is 8.04. The summed E-state index contributed by atoms with van der Waals surface area (Å²) < 4.78 is 21.6. The topological polar surface area (TPSA) is 37.3 Å². The molecule has 0 spiro atoms. The summed E-state index contributed by atoms with van der Waals surface area (Å²) in [5, 5.41) is 1.75. The maximum Gasteiger partial charge on any atom is 0.171 e. The van der Waals surface area contributed by atoms with Crippen molar-refractivity contribution in [3.05, 3.63) is 42.0 Å². The molecule has 1 N–H and O–H groups in total. The van der Waals surface area contributed by atoms with Gasteiger partial charge in [0, 0.05) is 16.6 Å². The van der Waals surface area contributed by atoms with Crippen LogP contribution in [0.2, 0.25) is 0 Å². The molecule has 0 heterocycles. The molecule has 0 fully saturated rings. The fourth-order valence-corrected chi connectivity index (χ4v) is 3.61. The van der Waals surface area contributed by atoms with Gasteiger partial charge in [-0.1, -0.05) is 49.7 Å². The van der Waals surface area contributed by atoms with E-state index in [1.807, 2.05) is 43.3 Å². The zero-order chi connectivity index (χ0) is 12.5. The SMILES string of the molecule is CCCc1ccc2ccccc2c1S(=O)(O)=S. The monoisotopic (exact) mass is 266 g/mol. The Morgan fingerprint density at radius 1 is 1.24 bits per heavy atom. The fourth-order valence-electron chi connectivity index (χ4n) is 2.06. The summed E-state index contributed by atoms with van der Waals surface area (Å²) >= 11 is 4.76. The lowest BCUT2D eigenvalue weighted by Gasteiger charge is -2.11. The quantitative estimate of drug-likeness (QED) is 0.925. The molecule has 2 aromatic carbocycles. The van der Waals surface area contributed by atoms with Crippen LogP contribution in [0.1, 0.15) is 18.9 Å². The third kappa shape index (κ3) is 2.49. The molecule has 0 saturated heterocycles. The van der Waals surface area contributed by atoms with E-state index < -0.39 is 8.77 Å². The van der Waals surface area contributed by atoms with Crippen LogP contribution in [-0.2, 0) is 26.4 Å². The molecule has 0 aromatic heterocycles. The van der Waals surface area contributed by atoms with E-state index in [0.29, 0.717) is 4.90 Å². The van der Waals surface area contributed by atoms with E-state index in [2.05, 4.69) is 0 Å². The van der Waals surface area contributed by atoms with Crippen molar-refractivity contribution in [3.8, 4) is 0 Å². The van der Waals surface area contributed by atoms with Crippen molar-refractivity contribution >= 4 is 30.7 Å². The van der Waals surface area contributed by atoms with E-state index in [0.717, 1.165) is 29.2 Å². The maximum atomic E-state index is 11.9. The van der Waals surface area contributed by atoms with Crippen LogP contribution in [0.5, 0.6) is 0 Å². The normalized spacial score (nSPS) is 14.7. The van der Waals surface area contributed by atoms with Gasteiger partial charge in [-0.3, -0.25) is 0 Å². The van der Waals surface area contributed by atoms with E-state index in [4.69, 9.17) is 11.2 Å². The molecule has 0 aliphatic rings. The highest BCUT2D eigenvalue weighted by molar-refractivity contribution is 8.29. The van der Waals surface area contributed by atoms with Crippen molar-refractivity contribution in [3.63, 3.8) is 0 Å². The van der Waals surface area contributed by atoms with Crippen LogP contribution in [0.25, 0.3) is 10.8 Å². The van der Waals surface area contributed by atoms with Crippen molar-refractivity contribution in [1.82, 2.24) is 0 Å². The number of hydrogen-bond donors (Lipinski definition) is 1. The second kappa shape index (κ2) is 4.72. The molecule has 1 unspecified atom stereocenters. The molecule has 2 aromatic rings. The predicted molar refractivity (Wildman–Crippen MR) is 74.3 cm³/mol. The summed E-state index contributed by atoms with van der Waals surface area (Å²) in [5.41, 5.74) is 0.883. The lowest BCUT2D eigenvalue weighted by Crippen LogP contribution is -2.03. The van der Waals surface area contributed by atoms with Gasteiger partial charge in [0.05, 0.1) is 4.90 Å². The van der Waals surface area contributed by atoms with Crippen LogP contribution in [0.15, 0.2) is 41.3 Å². The van der Waals surface area contributed by atoms with Gasteiger partial charge >= 0.3 is 0 Å². The summed E-state index contributed by atoms with van der Waals surface area (Å²) in [4.78, 5) is 0.424. The number of rotatable bonds is 3. The Hall–Kier alpha value is -0.970. The molecule has 2 rings (SSSR count). The van der Waals surface area contributed by atoms with Crippen LogP contribution >= 0.6 is 0 Å². The minimum atomic E-state index is -3.35. The summed E-state index contributed by atoms with van der Waals surface area (Å²) in [6, 6.07) is 11.4. The van der Waals surface area contributed by atoms with Gasteiger partial charge in [-0.05, 0) is 17.4 Å². The Balaban J connectivity index is 2.85. The third-order valence-corrected chi connectivity index (χ3v) is 4.24. The summed E-state index contributed by atoms with van der Waals surface area (Å²) in [6.45, 7) is 2.04. The van der Waals surface area contributed by atoms with Crippen LogP contribution < -0.4 is 0 Å². The van der Waals surface area contributed by atoms with Crippen LogP contribution in [0, 0.1) is 0 Å². The molecule has 0 amide bonds. The summed E-state index contributed by atoms with van der Waals surface area (Å²) in [6.07, 6.45) is 1.70. The molecule has 0 radical (unpaired) electrons. The number of hydrogen-bond acceptors (Lipinski definition) is 2. The molecule has 0 bridgehead atoms. The zero-order valence-electron chi connectivity index (χ0n) is 9.55. The average Bonchev–Trinajstić information content (AvgIpc) is 2.27. The molecule has 2 nitrogen and oxygen atoms in total. The first-order valence-corrected chi connectivity index (χ1v) is 7.96. The van der Waals surface area contributed by atoms with Crippen LogP contribution in [0.4, 0.5) is 0 Å². The molecule has 90 valence electrons. The van der Waals surface area contributed by atoms with Gasteiger partial charge in [0.15, 0.2) is 8.77 Å². The molecule has 17 heavy (non-hydrogen) atoms. The molecule has 1 atom stereocenters. The van der Waals surface area contributed by atoms with Gasteiger partial charge in [-0.25, -0.2) is 4.21 Å². The standard InChI is InChI=1S/C13H14O2S2/c1-2-5-11-9-8-10-6-3-4-7-12(10)13(11)17(14,15)16/h3-4,6-9H,2,5H2,1H3,(H,14,15,16). The molecular weight excluding hydrogens is 252 g/mol. The van der Waals surface area contributed by atoms with E-state index in [1.54, 1.807) is 0 Å². The Labute approximate surface area is 106 Å². The molecule has 0 aliphatic heterocycles. The lowest BCUT2D eigenvalue weighted by atomic mass is 10.0. The van der Waals surface area contributed by atoms with Gasteiger partial charge in [0.2, 0.25) is 0 Å². The number of fused-ring (bicyclic) bond motifs is 1. The molecule has 4 heteroatoms. The Kier molecular flexibility index (Phi) is 3.47. The lowest BCUT2D eigenvalue weighted by molar-refractivity contribution is 0.561. The highest BCUT2D eigenvalue weighted by Gasteiger charge is 2.15. The van der Waals surface area contributed by atoms with Crippen molar-refractivity contribution < 1.29 is 8.76 Å². The highest BCUT2D eigenvalue weighted by Crippen LogP contribution is 2.27. The molecule has 0 saturated carbocycles. The first-order valence-electron chi connectivity index (χ1n) is 5.52. The molecule has 0 aliphatic carbocycles. The Bertz CT molecular complexity index is 646. The number of benzene rings is 2. The second-order valence-corrected chi connectivity index (χ2v) is 6.71. The van der Waals surface area contributed by atoms with Gasteiger partial charge in [-0.15, -0.1) is 0 Å².